The summed E-state index contributed by atoms with van der Waals surface area (Å²) >= 11 is 0. The molecule has 0 spiro atoms. The lowest BCUT2D eigenvalue weighted by molar-refractivity contribution is -0.139. The second kappa shape index (κ2) is 8.05. The molecular weight excluding hydrogens is 200 g/mol. The van der Waals surface area contributed by atoms with Gasteiger partial charge in [0, 0.05) is 13.7 Å². The molecule has 0 aromatic carbocycles. The number of hydrogen-bond donors (Lipinski definition) is 3. The van der Waals surface area contributed by atoms with Crippen molar-refractivity contribution in [2.75, 3.05) is 20.3 Å². The van der Waals surface area contributed by atoms with Crippen molar-refractivity contribution < 1.29 is 19.4 Å². The highest BCUT2D eigenvalue weighted by Gasteiger charge is 2.17. The van der Waals surface area contributed by atoms with Crippen molar-refractivity contribution in [3.8, 4) is 0 Å². The molecule has 1 atom stereocenters. The number of aliphatic carboxylic acids is 1. The summed E-state index contributed by atoms with van der Waals surface area (Å²) in [5.74, 6) is -1.02. The van der Waals surface area contributed by atoms with Crippen LogP contribution < -0.4 is 10.6 Å². The van der Waals surface area contributed by atoms with Crippen molar-refractivity contribution in [2.45, 2.75) is 25.8 Å². The Bertz CT molecular complexity index is 208. The van der Waals surface area contributed by atoms with Crippen LogP contribution in [0.5, 0.6) is 0 Å². The highest BCUT2D eigenvalue weighted by atomic mass is 16.5. The Morgan fingerprint density at radius 2 is 2.13 bits per heavy atom. The van der Waals surface area contributed by atoms with Crippen LogP contribution >= 0.6 is 0 Å². The van der Waals surface area contributed by atoms with Crippen LogP contribution in [0.4, 0.5) is 4.79 Å². The van der Waals surface area contributed by atoms with Crippen LogP contribution in [0.15, 0.2) is 0 Å². The van der Waals surface area contributed by atoms with Gasteiger partial charge >= 0.3 is 12.0 Å². The maximum absolute atomic E-state index is 11.2. The zero-order chi connectivity index (χ0) is 11.7. The van der Waals surface area contributed by atoms with Gasteiger partial charge in [-0.2, -0.15) is 0 Å². The smallest absolute Gasteiger partial charge is 0.326 e. The van der Waals surface area contributed by atoms with Gasteiger partial charge in [0.2, 0.25) is 0 Å². The van der Waals surface area contributed by atoms with E-state index in [1.54, 1.807) is 0 Å². The van der Waals surface area contributed by atoms with Crippen LogP contribution in [-0.2, 0) is 9.53 Å². The molecule has 88 valence electrons. The molecule has 0 aliphatic heterocycles. The number of amides is 2. The van der Waals surface area contributed by atoms with E-state index in [0.717, 1.165) is 0 Å². The van der Waals surface area contributed by atoms with Crippen molar-refractivity contribution >= 4 is 12.0 Å². The molecule has 0 aliphatic carbocycles. The van der Waals surface area contributed by atoms with E-state index < -0.39 is 18.0 Å². The van der Waals surface area contributed by atoms with Gasteiger partial charge in [-0.05, 0) is 6.42 Å². The van der Waals surface area contributed by atoms with Crippen LogP contribution in [0.2, 0.25) is 0 Å². The second-order valence-electron chi connectivity index (χ2n) is 3.07. The van der Waals surface area contributed by atoms with Gasteiger partial charge in [-0.3, -0.25) is 0 Å². The Balaban J connectivity index is 3.84. The number of carboxylic acid groups (broad SMARTS) is 1. The molecule has 0 fully saturated rings. The molecule has 0 aromatic rings. The maximum atomic E-state index is 11.2. The van der Waals surface area contributed by atoms with Gasteiger partial charge in [0.25, 0.3) is 0 Å². The lowest BCUT2D eigenvalue weighted by Gasteiger charge is -2.13. The third kappa shape index (κ3) is 6.73. The van der Waals surface area contributed by atoms with Crippen LogP contribution in [0, 0.1) is 0 Å². The number of methoxy groups -OCH3 is 1. The van der Waals surface area contributed by atoms with Crippen LogP contribution in [0.3, 0.4) is 0 Å². The molecule has 0 unspecified atom stereocenters. The molecule has 6 nitrogen and oxygen atoms in total. The number of carbonyl (C=O) groups is 2. The Hall–Kier alpha value is -1.30. The molecule has 0 saturated heterocycles. The summed E-state index contributed by atoms with van der Waals surface area (Å²) in [7, 11) is 1.52. The van der Waals surface area contributed by atoms with E-state index in [4.69, 9.17) is 9.84 Å². The van der Waals surface area contributed by atoms with Crippen molar-refractivity contribution in [3.05, 3.63) is 0 Å². The molecule has 0 aliphatic rings. The summed E-state index contributed by atoms with van der Waals surface area (Å²) < 4.78 is 4.73. The molecule has 6 heteroatoms. The van der Waals surface area contributed by atoms with Crippen LogP contribution in [0.1, 0.15) is 19.8 Å². The van der Waals surface area contributed by atoms with Gasteiger partial charge in [-0.25, -0.2) is 9.59 Å². The molecular formula is C9H18N2O4. The first-order valence-corrected chi connectivity index (χ1v) is 4.88. The SMILES string of the molecule is CCC[C@@H](NC(=O)NCCOC)C(=O)O. The zero-order valence-electron chi connectivity index (χ0n) is 9.08. The third-order valence-corrected chi connectivity index (χ3v) is 1.77. The van der Waals surface area contributed by atoms with E-state index in [-0.39, 0.29) is 0 Å². The fourth-order valence-electron chi connectivity index (χ4n) is 1.02. The fraction of sp³-hybridized carbons (Fsp3) is 0.778. The number of urea groups is 1. The third-order valence-electron chi connectivity index (χ3n) is 1.77. The fourth-order valence-corrected chi connectivity index (χ4v) is 1.02. The summed E-state index contributed by atoms with van der Waals surface area (Å²) in [6.45, 7) is 2.63. The van der Waals surface area contributed by atoms with Gasteiger partial charge in [0.15, 0.2) is 0 Å². The molecule has 0 radical (unpaired) electrons. The molecule has 2 amide bonds. The van der Waals surface area contributed by atoms with E-state index in [1.807, 2.05) is 6.92 Å². The van der Waals surface area contributed by atoms with E-state index >= 15 is 0 Å². The molecule has 3 N–H and O–H groups in total. The minimum atomic E-state index is -1.02. The molecule has 0 aromatic heterocycles. The average Bonchev–Trinajstić information content (AvgIpc) is 2.17. The average molecular weight is 218 g/mol. The van der Waals surface area contributed by atoms with Crippen molar-refractivity contribution in [3.63, 3.8) is 0 Å². The molecule has 0 heterocycles. The standard InChI is InChI=1S/C9H18N2O4/c1-3-4-7(8(12)13)11-9(14)10-5-6-15-2/h7H,3-6H2,1-2H3,(H,12,13)(H2,10,11,14)/t7-/m1/s1. The van der Waals surface area contributed by atoms with Crippen molar-refractivity contribution in [1.29, 1.82) is 0 Å². The number of ether oxygens (including phenoxy) is 1. The quantitative estimate of drug-likeness (QED) is 0.532. The van der Waals surface area contributed by atoms with Gasteiger partial charge < -0.3 is 20.5 Å². The lowest BCUT2D eigenvalue weighted by Crippen LogP contribution is -2.46. The summed E-state index contributed by atoms with van der Waals surface area (Å²) in [6, 6.07) is -1.30. The second-order valence-corrected chi connectivity index (χ2v) is 3.07. The highest BCUT2D eigenvalue weighted by molar-refractivity contribution is 5.82. The zero-order valence-corrected chi connectivity index (χ0v) is 9.08. The summed E-state index contributed by atoms with van der Waals surface area (Å²) in [6.07, 6.45) is 1.13. The van der Waals surface area contributed by atoms with Crippen LogP contribution in [0.25, 0.3) is 0 Å². The largest absolute Gasteiger partial charge is 0.480 e. The Morgan fingerprint density at radius 3 is 2.60 bits per heavy atom. The monoisotopic (exact) mass is 218 g/mol. The molecule has 0 saturated carbocycles. The first-order chi connectivity index (χ1) is 7.11. The van der Waals surface area contributed by atoms with Crippen molar-refractivity contribution in [2.24, 2.45) is 0 Å². The summed E-state index contributed by atoms with van der Waals surface area (Å²) in [5.41, 5.74) is 0. The number of hydrogen-bond acceptors (Lipinski definition) is 3. The number of rotatable bonds is 7. The molecule has 0 rings (SSSR count). The summed E-state index contributed by atoms with van der Waals surface area (Å²) in [4.78, 5) is 21.9. The summed E-state index contributed by atoms with van der Waals surface area (Å²) in [5, 5.41) is 13.6. The topological polar surface area (TPSA) is 87.7 Å². The van der Waals surface area contributed by atoms with E-state index in [1.165, 1.54) is 7.11 Å². The first-order valence-electron chi connectivity index (χ1n) is 4.88. The molecule has 0 bridgehead atoms. The lowest BCUT2D eigenvalue weighted by atomic mass is 10.2. The first kappa shape index (κ1) is 13.7. The predicted octanol–water partition coefficient (Wildman–Crippen LogP) is 0.185. The minimum Gasteiger partial charge on any atom is -0.480 e. The van der Waals surface area contributed by atoms with Gasteiger partial charge in [0.1, 0.15) is 6.04 Å². The normalized spacial score (nSPS) is 11.9. The van der Waals surface area contributed by atoms with E-state index in [9.17, 15) is 9.59 Å². The number of carbonyl (C=O) groups excluding carboxylic acids is 1. The number of carboxylic acids is 1. The molecule has 15 heavy (non-hydrogen) atoms. The minimum absolute atomic E-state index is 0.362. The van der Waals surface area contributed by atoms with E-state index in [0.29, 0.717) is 26.0 Å². The number of nitrogens with one attached hydrogen (secondary N) is 2. The Kier molecular flexibility index (Phi) is 7.35. The van der Waals surface area contributed by atoms with Crippen molar-refractivity contribution in [1.82, 2.24) is 10.6 Å². The Labute approximate surface area is 89.0 Å². The maximum Gasteiger partial charge on any atom is 0.326 e. The highest BCUT2D eigenvalue weighted by Crippen LogP contribution is 1.96. The van der Waals surface area contributed by atoms with E-state index in [2.05, 4.69) is 10.6 Å². The van der Waals surface area contributed by atoms with Gasteiger partial charge in [-0.15, -0.1) is 0 Å². The van der Waals surface area contributed by atoms with Gasteiger partial charge in [0.05, 0.1) is 6.61 Å². The predicted molar refractivity (Wildman–Crippen MR) is 54.7 cm³/mol. The Morgan fingerprint density at radius 1 is 1.47 bits per heavy atom. The van der Waals surface area contributed by atoms with Crippen LogP contribution in [-0.4, -0.2) is 43.4 Å². The van der Waals surface area contributed by atoms with Gasteiger partial charge in [-0.1, -0.05) is 13.3 Å².